The average Bonchev–Trinajstić information content (AvgIpc) is 3.12. The molecule has 1 saturated carbocycles. The van der Waals surface area contributed by atoms with E-state index in [1.54, 1.807) is 0 Å². The second-order valence-corrected chi connectivity index (χ2v) is 8.16. The Morgan fingerprint density at radius 3 is 2.50 bits per heavy atom. The van der Waals surface area contributed by atoms with E-state index in [-0.39, 0.29) is 0 Å². The van der Waals surface area contributed by atoms with Crippen molar-refractivity contribution in [2.45, 2.75) is 19.4 Å². The van der Waals surface area contributed by atoms with E-state index < -0.39 is 0 Å². The molecule has 0 aromatic heterocycles. The maximum absolute atomic E-state index is 3.57. The van der Waals surface area contributed by atoms with Gasteiger partial charge in [0.25, 0.3) is 0 Å². The van der Waals surface area contributed by atoms with E-state index in [0.29, 0.717) is 0 Å². The summed E-state index contributed by atoms with van der Waals surface area (Å²) in [5, 5.41) is 0. The van der Waals surface area contributed by atoms with Gasteiger partial charge in [-0.25, -0.2) is 0 Å². The van der Waals surface area contributed by atoms with Gasteiger partial charge in [-0.1, -0.05) is 40.2 Å². The Kier molecular flexibility index (Phi) is 4.38. The fourth-order valence-corrected chi connectivity index (χ4v) is 4.91. The van der Waals surface area contributed by atoms with E-state index in [1.807, 2.05) is 0 Å². The highest BCUT2D eigenvalue weighted by Gasteiger charge is 2.36. The summed E-state index contributed by atoms with van der Waals surface area (Å²) in [7, 11) is 0. The molecule has 0 spiro atoms. The minimum absolute atomic E-state index is 0.893. The third kappa shape index (κ3) is 3.32. The molecular formula is C19H25BrN2. The van der Waals surface area contributed by atoms with E-state index in [1.165, 1.54) is 55.6 Å². The van der Waals surface area contributed by atoms with E-state index in [0.717, 1.165) is 24.3 Å². The molecule has 118 valence electrons. The number of rotatable bonds is 4. The number of allylic oxidation sites excluding steroid dienone is 2. The summed E-state index contributed by atoms with van der Waals surface area (Å²) < 4.78 is 1.19. The second kappa shape index (κ2) is 6.46. The quantitative estimate of drug-likeness (QED) is 0.753. The van der Waals surface area contributed by atoms with Crippen LogP contribution in [-0.4, -0.2) is 42.5 Å². The summed E-state index contributed by atoms with van der Waals surface area (Å²) >= 11 is 3.57. The van der Waals surface area contributed by atoms with E-state index in [4.69, 9.17) is 0 Å². The highest BCUT2D eigenvalue weighted by Crippen LogP contribution is 2.43. The molecule has 2 aliphatic carbocycles. The van der Waals surface area contributed by atoms with Crippen molar-refractivity contribution in [2.75, 3.05) is 32.7 Å². The fourth-order valence-electron chi connectivity index (χ4n) is 4.46. The Balaban J connectivity index is 1.25. The highest BCUT2D eigenvalue weighted by atomic mass is 79.9. The Bertz CT molecular complexity index is 548. The van der Waals surface area contributed by atoms with Crippen LogP contribution in [0.2, 0.25) is 0 Å². The smallest absolute Gasteiger partial charge is 0.0235 e. The Labute approximate surface area is 142 Å². The lowest BCUT2D eigenvalue weighted by Crippen LogP contribution is -2.47. The van der Waals surface area contributed by atoms with Crippen molar-refractivity contribution in [1.82, 2.24) is 9.80 Å². The molecule has 1 aromatic rings. The van der Waals surface area contributed by atoms with Crippen molar-refractivity contribution in [2.24, 2.45) is 17.8 Å². The molecule has 2 bridgehead atoms. The first kappa shape index (κ1) is 14.9. The predicted octanol–water partition coefficient (Wildman–Crippen LogP) is 3.78. The lowest BCUT2D eigenvalue weighted by atomic mass is 9.93. The van der Waals surface area contributed by atoms with Crippen molar-refractivity contribution in [3.05, 3.63) is 46.5 Å². The molecule has 4 rings (SSSR count). The molecule has 22 heavy (non-hydrogen) atoms. The molecule has 1 saturated heterocycles. The minimum Gasteiger partial charge on any atom is -0.300 e. The Morgan fingerprint density at radius 1 is 1.00 bits per heavy atom. The molecule has 0 N–H and O–H groups in total. The van der Waals surface area contributed by atoms with Gasteiger partial charge in [0.2, 0.25) is 0 Å². The van der Waals surface area contributed by atoms with Crippen molar-refractivity contribution in [3.63, 3.8) is 0 Å². The molecular weight excluding hydrogens is 336 g/mol. The van der Waals surface area contributed by atoms with Gasteiger partial charge in [-0.3, -0.25) is 4.90 Å². The molecule has 0 radical (unpaired) electrons. The van der Waals surface area contributed by atoms with Gasteiger partial charge < -0.3 is 4.90 Å². The monoisotopic (exact) mass is 360 g/mol. The molecule has 1 aromatic carbocycles. The summed E-state index contributed by atoms with van der Waals surface area (Å²) in [5.41, 5.74) is 1.42. The van der Waals surface area contributed by atoms with Crippen LogP contribution in [0.25, 0.3) is 0 Å². The molecule has 2 fully saturated rings. The van der Waals surface area contributed by atoms with Crippen LogP contribution in [0.15, 0.2) is 40.9 Å². The van der Waals surface area contributed by atoms with Crippen molar-refractivity contribution < 1.29 is 0 Å². The number of piperazine rings is 1. The number of hydrogen-bond donors (Lipinski definition) is 0. The minimum atomic E-state index is 0.893. The van der Waals surface area contributed by atoms with Gasteiger partial charge in [0.1, 0.15) is 0 Å². The fraction of sp³-hybridized carbons (Fsp3) is 0.579. The van der Waals surface area contributed by atoms with Gasteiger partial charge in [-0.05, 0) is 48.3 Å². The third-order valence-corrected chi connectivity index (χ3v) is 6.16. The van der Waals surface area contributed by atoms with Crippen LogP contribution in [0, 0.1) is 17.8 Å². The average molecular weight is 361 g/mol. The third-order valence-electron chi connectivity index (χ3n) is 5.67. The van der Waals surface area contributed by atoms with Gasteiger partial charge in [0, 0.05) is 43.7 Å². The SMILES string of the molecule is Brc1cccc(CN2CCN(C[C@H]3C[C@@H]4C=C[C@H]3C4)CC2)c1. The number of halogens is 1. The zero-order valence-corrected chi connectivity index (χ0v) is 14.7. The molecule has 3 atom stereocenters. The van der Waals surface area contributed by atoms with Crippen LogP contribution in [0.4, 0.5) is 0 Å². The zero-order chi connectivity index (χ0) is 14.9. The first-order chi connectivity index (χ1) is 10.8. The van der Waals surface area contributed by atoms with Gasteiger partial charge in [0.15, 0.2) is 0 Å². The Hall–Kier alpha value is -0.640. The van der Waals surface area contributed by atoms with Crippen molar-refractivity contribution >= 4 is 15.9 Å². The van der Waals surface area contributed by atoms with Gasteiger partial charge in [-0.15, -0.1) is 0 Å². The van der Waals surface area contributed by atoms with Crippen LogP contribution < -0.4 is 0 Å². The summed E-state index contributed by atoms with van der Waals surface area (Å²) in [4.78, 5) is 5.30. The maximum atomic E-state index is 3.57. The second-order valence-electron chi connectivity index (χ2n) is 7.25. The van der Waals surface area contributed by atoms with E-state index in [2.05, 4.69) is 62.1 Å². The number of benzene rings is 1. The predicted molar refractivity (Wildman–Crippen MR) is 94.7 cm³/mol. The molecule has 3 aliphatic rings. The summed E-state index contributed by atoms with van der Waals surface area (Å²) in [5.74, 6) is 2.74. The van der Waals surface area contributed by atoms with Crippen LogP contribution in [0.3, 0.4) is 0 Å². The molecule has 0 amide bonds. The summed E-state index contributed by atoms with van der Waals surface area (Å²) in [6, 6.07) is 8.72. The lowest BCUT2D eigenvalue weighted by molar-refractivity contribution is 0.108. The largest absolute Gasteiger partial charge is 0.300 e. The summed E-state index contributed by atoms with van der Waals surface area (Å²) in [6.45, 7) is 7.32. The molecule has 2 nitrogen and oxygen atoms in total. The number of hydrogen-bond acceptors (Lipinski definition) is 2. The standard InChI is InChI=1S/C19H25BrN2/c20-19-3-1-2-16(12-19)13-21-6-8-22(9-7-21)14-18-11-15-4-5-17(18)10-15/h1-5,12,15,17-18H,6-11,13-14H2/t15-,17+,18-/m1/s1. The van der Waals surface area contributed by atoms with Crippen LogP contribution in [0.1, 0.15) is 18.4 Å². The van der Waals surface area contributed by atoms with Crippen molar-refractivity contribution in [3.8, 4) is 0 Å². The van der Waals surface area contributed by atoms with Crippen LogP contribution in [0.5, 0.6) is 0 Å². The Morgan fingerprint density at radius 2 is 1.82 bits per heavy atom. The number of nitrogens with zero attached hydrogens (tertiary/aromatic N) is 2. The number of fused-ring (bicyclic) bond motifs is 2. The normalized spacial score (nSPS) is 32.0. The zero-order valence-electron chi connectivity index (χ0n) is 13.1. The van der Waals surface area contributed by atoms with Gasteiger partial charge >= 0.3 is 0 Å². The maximum Gasteiger partial charge on any atom is 0.0235 e. The topological polar surface area (TPSA) is 6.48 Å². The molecule has 3 heteroatoms. The van der Waals surface area contributed by atoms with Crippen LogP contribution in [-0.2, 0) is 6.54 Å². The molecule has 1 heterocycles. The van der Waals surface area contributed by atoms with E-state index in [9.17, 15) is 0 Å². The van der Waals surface area contributed by atoms with E-state index >= 15 is 0 Å². The first-order valence-electron chi connectivity index (χ1n) is 8.64. The lowest BCUT2D eigenvalue weighted by Gasteiger charge is -2.37. The van der Waals surface area contributed by atoms with Crippen molar-refractivity contribution in [1.29, 1.82) is 0 Å². The highest BCUT2D eigenvalue weighted by molar-refractivity contribution is 9.10. The molecule has 0 unspecified atom stereocenters. The molecule has 1 aliphatic heterocycles. The first-order valence-corrected chi connectivity index (χ1v) is 9.43. The van der Waals surface area contributed by atoms with Crippen LogP contribution >= 0.6 is 15.9 Å². The van der Waals surface area contributed by atoms with Gasteiger partial charge in [-0.2, -0.15) is 0 Å². The van der Waals surface area contributed by atoms with Gasteiger partial charge in [0.05, 0.1) is 0 Å². The summed E-state index contributed by atoms with van der Waals surface area (Å²) in [6.07, 6.45) is 7.83.